The molecule has 3 rings (SSSR count). The second kappa shape index (κ2) is 7.83. The molecule has 0 aliphatic carbocycles. The fourth-order valence-corrected chi connectivity index (χ4v) is 2.66. The maximum atomic E-state index is 12.3. The van der Waals surface area contributed by atoms with E-state index in [1.54, 1.807) is 6.26 Å². The van der Waals surface area contributed by atoms with E-state index in [4.69, 9.17) is 8.83 Å². The first kappa shape index (κ1) is 17.0. The fraction of sp³-hybridized carbons (Fsp3) is 0.300. The van der Waals surface area contributed by atoms with Crippen molar-refractivity contribution in [2.45, 2.75) is 39.2 Å². The summed E-state index contributed by atoms with van der Waals surface area (Å²) in [7, 11) is 0. The summed E-state index contributed by atoms with van der Waals surface area (Å²) in [6.07, 6.45) is 3.51. The lowest BCUT2D eigenvalue weighted by Crippen LogP contribution is -2.34. The molecule has 0 spiro atoms. The molecule has 0 radical (unpaired) electrons. The zero-order chi connectivity index (χ0) is 17.6. The summed E-state index contributed by atoms with van der Waals surface area (Å²) >= 11 is 0. The quantitative estimate of drug-likeness (QED) is 0.709. The van der Waals surface area contributed by atoms with E-state index >= 15 is 0 Å². The number of hydrogen-bond acceptors (Lipinski definition) is 4. The highest BCUT2D eigenvalue weighted by molar-refractivity contribution is 5.78. The molecule has 130 valence electrons. The Morgan fingerprint density at radius 1 is 1.20 bits per heavy atom. The maximum Gasteiger partial charge on any atom is 0.226 e. The Labute approximate surface area is 147 Å². The van der Waals surface area contributed by atoms with Crippen LogP contribution in [0.2, 0.25) is 0 Å². The molecule has 1 amide bonds. The van der Waals surface area contributed by atoms with Gasteiger partial charge in [0.1, 0.15) is 11.5 Å². The Morgan fingerprint density at radius 3 is 2.72 bits per heavy atom. The number of oxazole rings is 1. The molecule has 5 heteroatoms. The predicted octanol–water partition coefficient (Wildman–Crippen LogP) is 3.92. The monoisotopic (exact) mass is 338 g/mol. The number of rotatable bonds is 7. The number of nitrogens with one attached hydrogen (secondary N) is 1. The lowest BCUT2D eigenvalue weighted by molar-refractivity contribution is -0.121. The van der Waals surface area contributed by atoms with E-state index in [9.17, 15) is 4.79 Å². The molecule has 0 bridgehead atoms. The van der Waals surface area contributed by atoms with Gasteiger partial charge >= 0.3 is 0 Å². The normalized spacial score (nSPS) is 12.1. The molecule has 0 aliphatic heterocycles. The zero-order valence-electron chi connectivity index (χ0n) is 14.5. The van der Waals surface area contributed by atoms with E-state index in [0.29, 0.717) is 17.3 Å². The van der Waals surface area contributed by atoms with Gasteiger partial charge in [-0.1, -0.05) is 18.2 Å². The van der Waals surface area contributed by atoms with Gasteiger partial charge in [0, 0.05) is 18.0 Å². The summed E-state index contributed by atoms with van der Waals surface area (Å²) in [5.74, 6) is 2.10. The topological polar surface area (TPSA) is 68.3 Å². The minimum Gasteiger partial charge on any atom is -0.469 e. The second-order valence-corrected chi connectivity index (χ2v) is 6.15. The molecule has 1 unspecified atom stereocenters. The highest BCUT2D eigenvalue weighted by Gasteiger charge is 2.16. The molecule has 3 aromatic rings. The number of aromatic nitrogens is 1. The van der Waals surface area contributed by atoms with E-state index in [2.05, 4.69) is 10.3 Å². The Hall–Kier alpha value is -2.82. The van der Waals surface area contributed by atoms with Gasteiger partial charge in [-0.05, 0) is 44.5 Å². The van der Waals surface area contributed by atoms with Gasteiger partial charge in [0.2, 0.25) is 11.8 Å². The summed E-state index contributed by atoms with van der Waals surface area (Å²) in [6, 6.07) is 13.6. The third-order valence-corrected chi connectivity index (χ3v) is 4.05. The standard InChI is InChI=1S/C20H22N2O3/c1-14(10-11-17-9-6-12-24-17)21-19(23)13-18-15(2)25-20(22-18)16-7-4-3-5-8-16/h3-9,12,14H,10-11,13H2,1-2H3,(H,21,23). The number of nitrogens with zero attached hydrogens (tertiary/aromatic N) is 1. The fourth-order valence-electron chi connectivity index (χ4n) is 2.66. The minimum absolute atomic E-state index is 0.0528. The van der Waals surface area contributed by atoms with Gasteiger partial charge in [0.25, 0.3) is 0 Å². The average Bonchev–Trinajstić information content (AvgIpc) is 3.24. The van der Waals surface area contributed by atoms with Crippen LogP contribution in [0.5, 0.6) is 0 Å². The van der Waals surface area contributed by atoms with Crippen LogP contribution in [0.4, 0.5) is 0 Å². The molecule has 1 N–H and O–H groups in total. The first-order chi connectivity index (χ1) is 12.1. The van der Waals surface area contributed by atoms with Crippen molar-refractivity contribution >= 4 is 5.91 Å². The molecular formula is C20H22N2O3. The number of aryl methyl sites for hydroxylation is 2. The van der Waals surface area contributed by atoms with E-state index in [0.717, 1.165) is 24.2 Å². The number of carbonyl (C=O) groups excluding carboxylic acids is 1. The summed E-state index contributed by atoms with van der Waals surface area (Å²) in [5, 5.41) is 3.00. The minimum atomic E-state index is -0.0528. The van der Waals surface area contributed by atoms with Crippen LogP contribution in [-0.4, -0.2) is 16.9 Å². The molecule has 0 aliphatic rings. The SMILES string of the molecule is Cc1oc(-c2ccccc2)nc1CC(=O)NC(C)CCc1ccco1. The first-order valence-corrected chi connectivity index (χ1v) is 8.45. The highest BCUT2D eigenvalue weighted by Crippen LogP contribution is 2.21. The third-order valence-electron chi connectivity index (χ3n) is 4.05. The van der Waals surface area contributed by atoms with Crippen molar-refractivity contribution in [2.24, 2.45) is 0 Å². The number of carbonyl (C=O) groups is 1. The molecule has 2 heterocycles. The van der Waals surface area contributed by atoms with Gasteiger partial charge in [0.15, 0.2) is 0 Å². The van der Waals surface area contributed by atoms with Crippen molar-refractivity contribution < 1.29 is 13.6 Å². The summed E-state index contributed by atoms with van der Waals surface area (Å²) in [4.78, 5) is 16.7. The van der Waals surface area contributed by atoms with Crippen LogP contribution in [0.3, 0.4) is 0 Å². The Bertz CT molecular complexity index is 807. The van der Waals surface area contributed by atoms with E-state index in [1.165, 1.54) is 0 Å². The zero-order valence-corrected chi connectivity index (χ0v) is 14.5. The smallest absolute Gasteiger partial charge is 0.226 e. The maximum absolute atomic E-state index is 12.3. The lowest BCUT2D eigenvalue weighted by atomic mass is 10.1. The Morgan fingerprint density at radius 2 is 2.00 bits per heavy atom. The second-order valence-electron chi connectivity index (χ2n) is 6.15. The highest BCUT2D eigenvalue weighted by atomic mass is 16.4. The van der Waals surface area contributed by atoms with Gasteiger partial charge in [-0.15, -0.1) is 0 Å². The van der Waals surface area contributed by atoms with E-state index in [1.807, 2.05) is 56.3 Å². The summed E-state index contributed by atoms with van der Waals surface area (Å²) in [6.45, 7) is 3.83. The van der Waals surface area contributed by atoms with Crippen molar-refractivity contribution in [3.63, 3.8) is 0 Å². The number of furan rings is 1. The number of hydrogen-bond donors (Lipinski definition) is 1. The van der Waals surface area contributed by atoms with Crippen LogP contribution in [0.25, 0.3) is 11.5 Å². The van der Waals surface area contributed by atoms with E-state index in [-0.39, 0.29) is 18.4 Å². The van der Waals surface area contributed by atoms with E-state index < -0.39 is 0 Å². The molecule has 0 saturated heterocycles. The van der Waals surface area contributed by atoms with Crippen LogP contribution < -0.4 is 5.32 Å². The lowest BCUT2D eigenvalue weighted by Gasteiger charge is -2.12. The molecule has 0 saturated carbocycles. The molecule has 1 atom stereocenters. The number of benzene rings is 1. The third kappa shape index (κ3) is 4.59. The van der Waals surface area contributed by atoms with Crippen LogP contribution in [-0.2, 0) is 17.6 Å². The van der Waals surface area contributed by atoms with Gasteiger partial charge in [0.05, 0.1) is 18.4 Å². The Kier molecular flexibility index (Phi) is 5.33. The first-order valence-electron chi connectivity index (χ1n) is 8.45. The number of amides is 1. The van der Waals surface area contributed by atoms with Crippen molar-refractivity contribution in [3.8, 4) is 11.5 Å². The Balaban J connectivity index is 1.55. The largest absolute Gasteiger partial charge is 0.469 e. The van der Waals surface area contributed by atoms with Crippen molar-refractivity contribution in [1.82, 2.24) is 10.3 Å². The molecular weight excluding hydrogens is 316 g/mol. The summed E-state index contributed by atoms with van der Waals surface area (Å²) in [5.41, 5.74) is 1.58. The molecule has 1 aromatic carbocycles. The summed E-state index contributed by atoms with van der Waals surface area (Å²) < 4.78 is 11.0. The van der Waals surface area contributed by atoms with Gasteiger partial charge < -0.3 is 14.2 Å². The average molecular weight is 338 g/mol. The van der Waals surface area contributed by atoms with Crippen molar-refractivity contribution in [2.75, 3.05) is 0 Å². The molecule has 2 aromatic heterocycles. The van der Waals surface area contributed by atoms with Gasteiger partial charge in [-0.25, -0.2) is 4.98 Å². The van der Waals surface area contributed by atoms with Crippen LogP contribution >= 0.6 is 0 Å². The molecule has 25 heavy (non-hydrogen) atoms. The molecule has 0 fully saturated rings. The van der Waals surface area contributed by atoms with Crippen molar-refractivity contribution in [3.05, 3.63) is 65.9 Å². The molecule has 5 nitrogen and oxygen atoms in total. The van der Waals surface area contributed by atoms with Gasteiger partial charge in [-0.2, -0.15) is 0 Å². The van der Waals surface area contributed by atoms with Crippen LogP contribution in [0.1, 0.15) is 30.6 Å². The van der Waals surface area contributed by atoms with Crippen LogP contribution in [0.15, 0.2) is 57.6 Å². The van der Waals surface area contributed by atoms with Gasteiger partial charge in [-0.3, -0.25) is 4.79 Å². The van der Waals surface area contributed by atoms with Crippen molar-refractivity contribution in [1.29, 1.82) is 0 Å². The van der Waals surface area contributed by atoms with Crippen LogP contribution in [0, 0.1) is 6.92 Å². The predicted molar refractivity (Wildman–Crippen MR) is 95.0 cm³/mol.